The molecule has 0 aromatic heterocycles. The third-order valence-electron chi connectivity index (χ3n) is 4.71. The van der Waals surface area contributed by atoms with Gasteiger partial charge in [0.25, 0.3) is 0 Å². The minimum Gasteiger partial charge on any atom is -0.325 e. The highest BCUT2D eigenvalue weighted by Gasteiger charge is 2.33. The van der Waals surface area contributed by atoms with Gasteiger partial charge >= 0.3 is 0 Å². The summed E-state index contributed by atoms with van der Waals surface area (Å²) in [6.07, 6.45) is 2.54. The van der Waals surface area contributed by atoms with Crippen LogP contribution in [0.25, 0.3) is 0 Å². The van der Waals surface area contributed by atoms with E-state index in [1.54, 1.807) is 34.9 Å². The van der Waals surface area contributed by atoms with Gasteiger partial charge in [0.1, 0.15) is 11.2 Å². The molecule has 2 saturated heterocycles. The standard InChI is InChI=1S/C17H24FN3O3S2/c1-26(23,24)19-13-6-8-20(9-7-13)12-16(22)21-10-11-25-17(21)14-4-2-3-5-15(14)18/h2-5,13,17,19H,6-12H2,1H3. The van der Waals surface area contributed by atoms with Crippen LogP contribution in [0.5, 0.6) is 0 Å². The number of hydrogen-bond donors (Lipinski definition) is 1. The number of sulfonamides is 1. The van der Waals surface area contributed by atoms with Crippen molar-refractivity contribution in [2.75, 3.05) is 38.2 Å². The first-order chi connectivity index (χ1) is 12.3. The van der Waals surface area contributed by atoms with Crippen molar-refractivity contribution in [2.45, 2.75) is 24.3 Å². The first kappa shape index (κ1) is 19.6. The van der Waals surface area contributed by atoms with E-state index in [0.29, 0.717) is 38.0 Å². The predicted octanol–water partition coefficient (Wildman–Crippen LogP) is 1.41. The summed E-state index contributed by atoms with van der Waals surface area (Å²) in [5.74, 6) is 0.514. The minimum atomic E-state index is -3.20. The topological polar surface area (TPSA) is 69.7 Å². The molecule has 2 fully saturated rings. The summed E-state index contributed by atoms with van der Waals surface area (Å²) < 4.78 is 39.3. The second-order valence-corrected chi connectivity index (χ2v) is 9.74. The highest BCUT2D eigenvalue weighted by atomic mass is 32.2. The number of hydrogen-bond acceptors (Lipinski definition) is 5. The van der Waals surface area contributed by atoms with Gasteiger partial charge in [-0.3, -0.25) is 9.69 Å². The molecular weight excluding hydrogens is 377 g/mol. The first-order valence-corrected chi connectivity index (χ1v) is 11.6. The average Bonchev–Trinajstić information content (AvgIpc) is 3.05. The molecule has 144 valence electrons. The fraction of sp³-hybridized carbons (Fsp3) is 0.588. The summed E-state index contributed by atoms with van der Waals surface area (Å²) >= 11 is 1.58. The Morgan fingerprint density at radius 3 is 2.62 bits per heavy atom. The van der Waals surface area contributed by atoms with Crippen LogP contribution >= 0.6 is 11.8 Å². The number of carbonyl (C=O) groups is 1. The summed E-state index contributed by atoms with van der Waals surface area (Å²) in [6.45, 7) is 2.25. The van der Waals surface area contributed by atoms with Crippen molar-refractivity contribution in [3.8, 4) is 0 Å². The molecule has 0 radical (unpaired) electrons. The Morgan fingerprint density at radius 1 is 1.27 bits per heavy atom. The summed E-state index contributed by atoms with van der Waals surface area (Å²) in [4.78, 5) is 16.6. The van der Waals surface area contributed by atoms with Crippen LogP contribution in [0.2, 0.25) is 0 Å². The maximum atomic E-state index is 14.1. The van der Waals surface area contributed by atoms with E-state index in [1.807, 2.05) is 4.90 Å². The van der Waals surface area contributed by atoms with E-state index in [1.165, 1.54) is 6.07 Å². The summed E-state index contributed by atoms with van der Waals surface area (Å²) in [5.41, 5.74) is 0.555. The number of nitrogens with zero attached hydrogens (tertiary/aromatic N) is 2. The van der Waals surface area contributed by atoms with Crippen LogP contribution in [0.3, 0.4) is 0 Å². The fourth-order valence-corrected chi connectivity index (χ4v) is 5.59. The van der Waals surface area contributed by atoms with E-state index >= 15 is 0 Å². The molecule has 1 unspecified atom stereocenters. The zero-order valence-electron chi connectivity index (χ0n) is 14.7. The number of nitrogens with one attached hydrogen (secondary N) is 1. The smallest absolute Gasteiger partial charge is 0.237 e. The molecular formula is C17H24FN3O3S2. The number of halogens is 1. The van der Waals surface area contributed by atoms with Gasteiger partial charge in [-0.15, -0.1) is 11.8 Å². The van der Waals surface area contributed by atoms with E-state index in [4.69, 9.17) is 0 Å². The van der Waals surface area contributed by atoms with Crippen molar-refractivity contribution in [2.24, 2.45) is 0 Å². The second-order valence-electron chi connectivity index (χ2n) is 6.77. The summed E-state index contributed by atoms with van der Waals surface area (Å²) in [6, 6.07) is 6.54. The SMILES string of the molecule is CS(=O)(=O)NC1CCN(CC(=O)N2CCSC2c2ccccc2F)CC1. The van der Waals surface area contributed by atoms with Crippen LogP contribution in [-0.4, -0.2) is 68.4 Å². The van der Waals surface area contributed by atoms with Gasteiger partial charge < -0.3 is 4.90 Å². The Kier molecular flexibility index (Phi) is 6.21. The van der Waals surface area contributed by atoms with E-state index in [2.05, 4.69) is 4.72 Å². The van der Waals surface area contributed by atoms with Crippen molar-refractivity contribution < 1.29 is 17.6 Å². The average molecular weight is 402 g/mol. The Morgan fingerprint density at radius 2 is 1.96 bits per heavy atom. The van der Waals surface area contributed by atoms with E-state index in [9.17, 15) is 17.6 Å². The van der Waals surface area contributed by atoms with Crippen LogP contribution in [0.1, 0.15) is 23.8 Å². The van der Waals surface area contributed by atoms with Crippen molar-refractivity contribution in [1.29, 1.82) is 0 Å². The first-order valence-electron chi connectivity index (χ1n) is 8.68. The van der Waals surface area contributed by atoms with E-state index in [0.717, 1.165) is 12.0 Å². The third-order valence-corrected chi connectivity index (χ3v) is 6.71. The van der Waals surface area contributed by atoms with Crippen molar-refractivity contribution in [1.82, 2.24) is 14.5 Å². The number of thioether (sulfide) groups is 1. The lowest BCUT2D eigenvalue weighted by Gasteiger charge is -2.33. The Hall–Kier alpha value is -1.16. The molecule has 1 aromatic carbocycles. The van der Waals surface area contributed by atoms with Gasteiger partial charge in [-0.25, -0.2) is 17.5 Å². The molecule has 0 bridgehead atoms. The molecule has 2 heterocycles. The van der Waals surface area contributed by atoms with Gasteiger partial charge in [0.2, 0.25) is 15.9 Å². The molecule has 1 amide bonds. The molecule has 2 aliphatic rings. The molecule has 1 atom stereocenters. The largest absolute Gasteiger partial charge is 0.325 e. The lowest BCUT2D eigenvalue weighted by atomic mass is 10.1. The molecule has 1 N–H and O–H groups in total. The third kappa shape index (κ3) is 4.97. The number of amides is 1. The van der Waals surface area contributed by atoms with E-state index < -0.39 is 10.0 Å². The number of rotatable bonds is 5. The normalized spacial score (nSPS) is 22.7. The van der Waals surface area contributed by atoms with Crippen LogP contribution in [0.15, 0.2) is 24.3 Å². The highest BCUT2D eigenvalue weighted by molar-refractivity contribution is 7.99. The molecule has 26 heavy (non-hydrogen) atoms. The Balaban J connectivity index is 1.56. The minimum absolute atomic E-state index is 0.00206. The number of benzene rings is 1. The molecule has 9 heteroatoms. The fourth-order valence-electron chi connectivity index (χ4n) is 3.45. The van der Waals surface area contributed by atoms with Gasteiger partial charge in [-0.05, 0) is 18.9 Å². The second kappa shape index (κ2) is 8.24. The van der Waals surface area contributed by atoms with Crippen LogP contribution in [0, 0.1) is 5.82 Å². The number of piperidine rings is 1. The van der Waals surface area contributed by atoms with Gasteiger partial charge in [0.15, 0.2) is 0 Å². The van der Waals surface area contributed by atoms with Gasteiger partial charge in [0, 0.05) is 37.0 Å². The van der Waals surface area contributed by atoms with E-state index in [-0.39, 0.29) is 29.7 Å². The zero-order valence-corrected chi connectivity index (χ0v) is 16.4. The van der Waals surface area contributed by atoms with Crippen LogP contribution in [0.4, 0.5) is 4.39 Å². The van der Waals surface area contributed by atoms with Gasteiger partial charge in [-0.1, -0.05) is 18.2 Å². The molecule has 2 aliphatic heterocycles. The highest BCUT2D eigenvalue weighted by Crippen LogP contribution is 2.39. The van der Waals surface area contributed by atoms with Crippen LogP contribution in [-0.2, 0) is 14.8 Å². The number of carbonyl (C=O) groups excluding carboxylic acids is 1. The van der Waals surface area contributed by atoms with Gasteiger partial charge in [-0.2, -0.15) is 0 Å². The number of likely N-dealkylation sites (tertiary alicyclic amines) is 1. The predicted molar refractivity (Wildman–Crippen MR) is 101 cm³/mol. The summed E-state index contributed by atoms with van der Waals surface area (Å²) in [5, 5.41) is -0.270. The molecule has 1 aromatic rings. The van der Waals surface area contributed by atoms with Crippen LogP contribution < -0.4 is 4.72 Å². The maximum absolute atomic E-state index is 14.1. The molecule has 6 nitrogen and oxygen atoms in total. The quantitative estimate of drug-likeness (QED) is 0.808. The molecule has 0 aliphatic carbocycles. The van der Waals surface area contributed by atoms with Crippen molar-refractivity contribution in [3.63, 3.8) is 0 Å². The summed E-state index contributed by atoms with van der Waals surface area (Å²) in [7, 11) is -3.20. The lowest BCUT2D eigenvalue weighted by molar-refractivity contribution is -0.132. The van der Waals surface area contributed by atoms with Gasteiger partial charge in [0.05, 0.1) is 12.8 Å². The van der Waals surface area contributed by atoms with Crippen molar-refractivity contribution >= 4 is 27.7 Å². The molecule has 0 saturated carbocycles. The Bertz CT molecular complexity index is 751. The van der Waals surface area contributed by atoms with Crippen molar-refractivity contribution in [3.05, 3.63) is 35.6 Å². The molecule has 3 rings (SSSR count). The lowest BCUT2D eigenvalue weighted by Crippen LogP contribution is -2.47. The molecule has 0 spiro atoms. The zero-order chi connectivity index (χ0) is 18.7. The monoisotopic (exact) mass is 401 g/mol. The maximum Gasteiger partial charge on any atom is 0.237 e. The Labute approximate surface area is 158 Å².